The van der Waals surface area contributed by atoms with Crippen molar-refractivity contribution in [2.24, 2.45) is 0 Å². The van der Waals surface area contributed by atoms with E-state index >= 15 is 0 Å². The van der Waals surface area contributed by atoms with Gasteiger partial charge in [0.25, 0.3) is 0 Å². The van der Waals surface area contributed by atoms with Crippen LogP contribution in [0.3, 0.4) is 0 Å². The van der Waals surface area contributed by atoms with Crippen molar-refractivity contribution in [2.75, 3.05) is 6.54 Å². The summed E-state index contributed by atoms with van der Waals surface area (Å²) in [5, 5.41) is 14.4. The molecule has 1 aromatic carbocycles. The molecule has 0 atom stereocenters. The summed E-state index contributed by atoms with van der Waals surface area (Å²) in [6.45, 7) is 3.60. The molecule has 0 bridgehead atoms. The van der Waals surface area contributed by atoms with Crippen molar-refractivity contribution in [3.63, 3.8) is 0 Å². The van der Waals surface area contributed by atoms with E-state index in [1.165, 1.54) is 16.0 Å². The van der Waals surface area contributed by atoms with Crippen LogP contribution >= 0.6 is 11.3 Å². The van der Waals surface area contributed by atoms with Crippen molar-refractivity contribution < 1.29 is 0 Å². The first-order valence-electron chi connectivity index (χ1n) is 7.45. The van der Waals surface area contributed by atoms with E-state index in [0.29, 0.717) is 0 Å². The average molecular weight is 311 g/mol. The average Bonchev–Trinajstić information content (AvgIpc) is 3.18. The number of aromatic nitrogens is 4. The molecule has 0 amide bonds. The van der Waals surface area contributed by atoms with E-state index in [9.17, 15) is 0 Å². The van der Waals surface area contributed by atoms with E-state index in [0.717, 1.165) is 38.4 Å². The van der Waals surface area contributed by atoms with Gasteiger partial charge in [0.05, 0.1) is 13.1 Å². The van der Waals surface area contributed by atoms with Crippen LogP contribution < -0.4 is 0 Å². The predicted molar refractivity (Wildman–Crippen MR) is 85.5 cm³/mol. The molecular weight excluding hydrogens is 294 g/mol. The van der Waals surface area contributed by atoms with Gasteiger partial charge < -0.3 is 0 Å². The van der Waals surface area contributed by atoms with E-state index in [4.69, 9.17) is 0 Å². The monoisotopic (exact) mass is 311 g/mol. The minimum Gasteiger partial charge on any atom is -0.291 e. The molecule has 3 aromatic rings. The summed E-state index contributed by atoms with van der Waals surface area (Å²) in [5.41, 5.74) is 2.67. The number of fused-ring (bicyclic) bond motifs is 1. The highest BCUT2D eigenvalue weighted by molar-refractivity contribution is 7.10. The first kappa shape index (κ1) is 13.6. The number of tetrazole rings is 1. The van der Waals surface area contributed by atoms with Crippen LogP contribution in [0.25, 0.3) is 0 Å². The maximum absolute atomic E-state index is 4.21. The van der Waals surface area contributed by atoms with Gasteiger partial charge in [0.2, 0.25) is 0 Å². The van der Waals surface area contributed by atoms with Gasteiger partial charge in [0.1, 0.15) is 0 Å². The minimum absolute atomic E-state index is 0.723. The third-order valence-corrected chi connectivity index (χ3v) is 5.06. The van der Waals surface area contributed by atoms with Crippen LogP contribution in [0.2, 0.25) is 0 Å². The third kappa shape index (κ3) is 2.80. The second-order valence-electron chi connectivity index (χ2n) is 5.57. The SMILES string of the molecule is c1ccc(Cn2nnnc2CN2CCc3sccc3C2)cc1. The highest BCUT2D eigenvalue weighted by Crippen LogP contribution is 2.24. The lowest BCUT2D eigenvalue weighted by Gasteiger charge is -2.26. The number of rotatable bonds is 4. The molecule has 0 spiro atoms. The van der Waals surface area contributed by atoms with Gasteiger partial charge >= 0.3 is 0 Å². The van der Waals surface area contributed by atoms with Crippen molar-refractivity contribution in [3.8, 4) is 0 Å². The van der Waals surface area contributed by atoms with Gasteiger partial charge in [-0.2, -0.15) is 0 Å². The Morgan fingerprint density at radius 2 is 2.00 bits per heavy atom. The van der Waals surface area contributed by atoms with Crippen LogP contribution in [0, 0.1) is 0 Å². The molecule has 0 saturated heterocycles. The molecule has 22 heavy (non-hydrogen) atoms. The second kappa shape index (κ2) is 5.98. The van der Waals surface area contributed by atoms with E-state index in [2.05, 4.69) is 44.0 Å². The first-order chi connectivity index (χ1) is 10.9. The maximum atomic E-state index is 4.21. The zero-order chi connectivity index (χ0) is 14.8. The molecule has 0 radical (unpaired) electrons. The minimum atomic E-state index is 0.723. The Balaban J connectivity index is 1.47. The molecule has 0 fully saturated rings. The van der Waals surface area contributed by atoms with Crippen molar-refractivity contribution >= 4 is 11.3 Å². The fourth-order valence-corrected chi connectivity index (χ4v) is 3.75. The van der Waals surface area contributed by atoms with Gasteiger partial charge in [0.15, 0.2) is 5.82 Å². The largest absolute Gasteiger partial charge is 0.291 e. The van der Waals surface area contributed by atoms with Gasteiger partial charge in [-0.15, -0.1) is 16.4 Å². The molecule has 1 aliphatic rings. The first-order valence-corrected chi connectivity index (χ1v) is 8.33. The molecule has 5 nitrogen and oxygen atoms in total. The van der Waals surface area contributed by atoms with Gasteiger partial charge in [-0.1, -0.05) is 30.3 Å². The van der Waals surface area contributed by atoms with Crippen molar-refractivity contribution in [1.29, 1.82) is 0 Å². The topological polar surface area (TPSA) is 46.8 Å². The Labute approximate surface area is 133 Å². The summed E-state index contributed by atoms with van der Waals surface area (Å²) >= 11 is 1.87. The Morgan fingerprint density at radius 1 is 1.09 bits per heavy atom. The molecular formula is C16H17N5S. The zero-order valence-corrected chi connectivity index (χ0v) is 13.0. The maximum Gasteiger partial charge on any atom is 0.165 e. The standard InChI is InChI=1S/C16H17N5S/c1-2-4-13(5-3-1)10-21-16(17-18-19-21)12-20-8-6-15-14(11-20)7-9-22-15/h1-5,7,9H,6,8,10-12H2. The van der Waals surface area contributed by atoms with Crippen LogP contribution in [0.15, 0.2) is 41.8 Å². The number of hydrogen-bond acceptors (Lipinski definition) is 5. The number of hydrogen-bond donors (Lipinski definition) is 0. The molecule has 112 valence electrons. The van der Waals surface area contributed by atoms with Crippen molar-refractivity contribution in [1.82, 2.24) is 25.1 Å². The van der Waals surface area contributed by atoms with Crippen molar-refractivity contribution in [2.45, 2.75) is 26.1 Å². The smallest absolute Gasteiger partial charge is 0.165 e. The molecule has 2 aromatic heterocycles. The summed E-state index contributed by atoms with van der Waals surface area (Å²) in [4.78, 5) is 3.95. The Kier molecular flexibility index (Phi) is 3.70. The lowest BCUT2D eigenvalue weighted by Crippen LogP contribution is -2.30. The van der Waals surface area contributed by atoms with Gasteiger partial charge in [-0.3, -0.25) is 4.90 Å². The molecule has 0 aliphatic carbocycles. The zero-order valence-electron chi connectivity index (χ0n) is 12.2. The molecule has 0 saturated carbocycles. The molecule has 3 heterocycles. The van der Waals surface area contributed by atoms with Gasteiger partial charge in [-0.25, -0.2) is 4.68 Å². The molecule has 6 heteroatoms. The highest BCUT2D eigenvalue weighted by Gasteiger charge is 2.19. The van der Waals surface area contributed by atoms with E-state index in [1.54, 1.807) is 0 Å². The van der Waals surface area contributed by atoms with Crippen LogP contribution in [-0.2, 0) is 26.1 Å². The Bertz CT molecular complexity index is 749. The van der Waals surface area contributed by atoms with E-state index in [-0.39, 0.29) is 0 Å². The van der Waals surface area contributed by atoms with Crippen LogP contribution in [0.1, 0.15) is 21.8 Å². The summed E-state index contributed by atoms with van der Waals surface area (Å²) < 4.78 is 1.90. The van der Waals surface area contributed by atoms with E-state index < -0.39 is 0 Å². The number of thiophene rings is 1. The molecule has 4 rings (SSSR count). The fourth-order valence-electron chi connectivity index (χ4n) is 2.86. The normalized spacial score (nSPS) is 14.9. The molecule has 0 N–H and O–H groups in total. The van der Waals surface area contributed by atoms with Crippen LogP contribution in [0.4, 0.5) is 0 Å². The number of benzene rings is 1. The van der Waals surface area contributed by atoms with Gasteiger partial charge in [0, 0.05) is 18.0 Å². The predicted octanol–water partition coefficient (Wildman–Crippen LogP) is 2.34. The van der Waals surface area contributed by atoms with Crippen LogP contribution in [0.5, 0.6) is 0 Å². The molecule has 0 unspecified atom stereocenters. The Morgan fingerprint density at radius 3 is 2.91 bits per heavy atom. The highest BCUT2D eigenvalue weighted by atomic mass is 32.1. The number of nitrogens with zero attached hydrogens (tertiary/aromatic N) is 5. The summed E-state index contributed by atoms with van der Waals surface area (Å²) in [7, 11) is 0. The summed E-state index contributed by atoms with van der Waals surface area (Å²) in [6.07, 6.45) is 1.13. The Hall–Kier alpha value is -2.05. The lowest BCUT2D eigenvalue weighted by atomic mass is 10.1. The van der Waals surface area contributed by atoms with E-state index in [1.807, 2.05) is 34.2 Å². The third-order valence-electron chi connectivity index (χ3n) is 4.03. The quantitative estimate of drug-likeness (QED) is 0.742. The second-order valence-corrected chi connectivity index (χ2v) is 6.57. The van der Waals surface area contributed by atoms with Gasteiger partial charge in [-0.05, 0) is 39.4 Å². The summed E-state index contributed by atoms with van der Waals surface area (Å²) in [5.74, 6) is 0.933. The molecule has 1 aliphatic heterocycles. The van der Waals surface area contributed by atoms with Crippen LogP contribution in [-0.4, -0.2) is 31.7 Å². The summed E-state index contributed by atoms with van der Waals surface area (Å²) in [6, 6.07) is 12.5. The lowest BCUT2D eigenvalue weighted by molar-refractivity contribution is 0.237. The van der Waals surface area contributed by atoms with Crippen molar-refractivity contribution in [3.05, 3.63) is 63.6 Å². The fraction of sp³-hybridized carbons (Fsp3) is 0.312.